The van der Waals surface area contributed by atoms with Crippen molar-refractivity contribution < 1.29 is 27.5 Å². The maximum atomic E-state index is 14.7. The van der Waals surface area contributed by atoms with Crippen LogP contribution in [0.4, 0.5) is 5.69 Å². The number of nitrogens with one attached hydrogen (secondary N) is 1. The Morgan fingerprint density at radius 3 is 2.21 bits per heavy atom. The Labute approximate surface area is 292 Å². The van der Waals surface area contributed by atoms with Crippen molar-refractivity contribution in [3.8, 4) is 11.5 Å². The number of sulfonamides is 1. The summed E-state index contributed by atoms with van der Waals surface area (Å²) in [5.41, 5.74) is 1.51. The molecule has 48 heavy (non-hydrogen) atoms. The van der Waals surface area contributed by atoms with Crippen LogP contribution in [-0.4, -0.2) is 58.5 Å². The lowest BCUT2D eigenvalue weighted by Crippen LogP contribution is -2.53. The van der Waals surface area contributed by atoms with Crippen LogP contribution in [0.3, 0.4) is 0 Å². The van der Waals surface area contributed by atoms with Crippen LogP contribution >= 0.6 is 23.2 Å². The summed E-state index contributed by atoms with van der Waals surface area (Å²) in [6.45, 7) is 1.70. The third kappa shape index (κ3) is 9.21. The highest BCUT2D eigenvalue weighted by molar-refractivity contribution is 7.92. The van der Waals surface area contributed by atoms with E-state index in [1.54, 1.807) is 42.5 Å². The van der Waals surface area contributed by atoms with Crippen molar-refractivity contribution in [1.82, 2.24) is 10.2 Å². The average molecular weight is 713 g/mol. The number of para-hydroxylation sites is 2. The second kappa shape index (κ2) is 17.2. The Bertz CT molecular complexity index is 1790. The zero-order valence-corrected chi connectivity index (χ0v) is 29.4. The summed E-state index contributed by atoms with van der Waals surface area (Å²) in [5.74, 6) is -0.284. The molecule has 9 nitrogen and oxygen atoms in total. The van der Waals surface area contributed by atoms with Crippen LogP contribution in [0.25, 0.3) is 0 Å². The maximum absolute atomic E-state index is 14.7. The van der Waals surface area contributed by atoms with E-state index in [-0.39, 0.29) is 35.2 Å². The quantitative estimate of drug-likeness (QED) is 0.129. The van der Waals surface area contributed by atoms with E-state index in [0.29, 0.717) is 27.9 Å². The molecule has 0 aliphatic rings. The van der Waals surface area contributed by atoms with Crippen LogP contribution < -0.4 is 19.1 Å². The molecule has 4 aromatic rings. The highest BCUT2D eigenvalue weighted by atomic mass is 35.5. The fourth-order valence-corrected chi connectivity index (χ4v) is 7.01. The van der Waals surface area contributed by atoms with Crippen LogP contribution in [0.2, 0.25) is 10.0 Å². The maximum Gasteiger partial charge on any atom is 0.264 e. The molecule has 0 aliphatic carbocycles. The number of anilines is 1. The van der Waals surface area contributed by atoms with E-state index in [1.807, 2.05) is 37.3 Å². The topological polar surface area (TPSA) is 105 Å². The molecule has 0 saturated heterocycles. The van der Waals surface area contributed by atoms with Crippen LogP contribution in [0.5, 0.6) is 11.5 Å². The molecular formula is C36H39Cl2N3O6S. The van der Waals surface area contributed by atoms with Gasteiger partial charge in [-0.3, -0.25) is 13.9 Å². The Morgan fingerprint density at radius 2 is 1.56 bits per heavy atom. The lowest BCUT2D eigenvalue weighted by Gasteiger charge is -2.34. The van der Waals surface area contributed by atoms with Gasteiger partial charge in [0.2, 0.25) is 11.8 Å². The number of halogens is 2. The first-order chi connectivity index (χ1) is 23.1. The van der Waals surface area contributed by atoms with Crippen molar-refractivity contribution in [2.45, 2.75) is 43.7 Å². The van der Waals surface area contributed by atoms with E-state index in [9.17, 15) is 18.0 Å². The highest BCUT2D eigenvalue weighted by Crippen LogP contribution is 2.33. The summed E-state index contributed by atoms with van der Waals surface area (Å²) in [7, 11) is -1.44. The second-order valence-corrected chi connectivity index (χ2v) is 13.7. The standard InChI is InChI=1S/C36H39Cl2N3O6S/c1-4-5-21-39-36(43)33(22-26-11-7-6-8-12-26)40(24-27-15-16-28(37)23-31(27)38)35(42)25-41(32-13-9-10-14-34(32)47-3)48(44,45)30-19-17-29(46-2)18-20-30/h6-20,23,33H,4-5,21-22,24-25H2,1-3H3,(H,39,43). The molecule has 4 rings (SSSR count). The van der Waals surface area contributed by atoms with Crippen LogP contribution in [0.15, 0.2) is 102 Å². The van der Waals surface area contributed by atoms with E-state index >= 15 is 0 Å². The molecule has 2 amide bonds. The number of rotatable bonds is 16. The van der Waals surface area contributed by atoms with Crippen molar-refractivity contribution in [3.63, 3.8) is 0 Å². The minimum atomic E-state index is -4.34. The zero-order chi connectivity index (χ0) is 34.7. The molecule has 4 aromatic carbocycles. The Balaban J connectivity index is 1.84. The molecular weight excluding hydrogens is 673 g/mol. The fourth-order valence-electron chi connectivity index (χ4n) is 5.12. The number of carbonyl (C=O) groups is 2. The molecule has 0 spiro atoms. The van der Waals surface area contributed by atoms with Gasteiger partial charge in [0.05, 0.1) is 24.8 Å². The van der Waals surface area contributed by atoms with E-state index in [1.165, 1.54) is 43.4 Å². The molecule has 0 radical (unpaired) electrons. The van der Waals surface area contributed by atoms with E-state index in [0.717, 1.165) is 22.7 Å². The minimum Gasteiger partial charge on any atom is -0.497 e. The smallest absolute Gasteiger partial charge is 0.264 e. The number of carbonyl (C=O) groups excluding carboxylic acids is 2. The van der Waals surface area contributed by atoms with Crippen LogP contribution in [0.1, 0.15) is 30.9 Å². The van der Waals surface area contributed by atoms with Crippen molar-refractivity contribution in [3.05, 3.63) is 118 Å². The number of hydrogen-bond donors (Lipinski definition) is 1. The minimum absolute atomic E-state index is 0.0625. The van der Waals surface area contributed by atoms with Gasteiger partial charge in [0.25, 0.3) is 10.0 Å². The average Bonchev–Trinajstić information content (AvgIpc) is 3.09. The van der Waals surface area contributed by atoms with Gasteiger partial charge < -0.3 is 19.7 Å². The van der Waals surface area contributed by atoms with Crippen molar-refractivity contribution >= 4 is 50.7 Å². The Morgan fingerprint density at radius 1 is 0.875 bits per heavy atom. The number of methoxy groups -OCH3 is 2. The number of benzene rings is 4. The molecule has 0 fully saturated rings. The van der Waals surface area contributed by atoms with Gasteiger partial charge >= 0.3 is 0 Å². The lowest BCUT2D eigenvalue weighted by molar-refractivity contribution is -0.140. The number of hydrogen-bond acceptors (Lipinski definition) is 6. The molecule has 0 heterocycles. The SMILES string of the molecule is CCCCNC(=O)C(Cc1ccccc1)N(Cc1ccc(Cl)cc1Cl)C(=O)CN(c1ccccc1OC)S(=O)(=O)c1ccc(OC)cc1. The van der Waals surface area contributed by atoms with E-state index in [4.69, 9.17) is 32.7 Å². The molecule has 0 saturated carbocycles. The summed E-state index contributed by atoms with van der Waals surface area (Å²) < 4.78 is 40.4. The Hall–Kier alpha value is -4.25. The summed E-state index contributed by atoms with van der Waals surface area (Å²) in [6, 6.07) is 25.6. The third-order valence-electron chi connectivity index (χ3n) is 7.74. The largest absolute Gasteiger partial charge is 0.497 e. The molecule has 254 valence electrons. The first kappa shape index (κ1) is 36.6. The van der Waals surface area contributed by atoms with E-state index in [2.05, 4.69) is 5.32 Å². The second-order valence-electron chi connectivity index (χ2n) is 11.0. The summed E-state index contributed by atoms with van der Waals surface area (Å²) in [5, 5.41) is 3.68. The van der Waals surface area contributed by atoms with Gasteiger partial charge in [-0.25, -0.2) is 8.42 Å². The number of ether oxygens (including phenoxy) is 2. The predicted octanol–water partition coefficient (Wildman–Crippen LogP) is 6.76. The number of unbranched alkanes of at least 4 members (excludes halogenated alkanes) is 1. The van der Waals surface area contributed by atoms with Gasteiger partial charge in [0.1, 0.15) is 24.1 Å². The summed E-state index contributed by atoms with van der Waals surface area (Å²) in [4.78, 5) is 29.9. The van der Waals surface area contributed by atoms with Gasteiger partial charge in [-0.05, 0) is 66.1 Å². The molecule has 0 aliphatic heterocycles. The number of nitrogens with zero attached hydrogens (tertiary/aromatic N) is 2. The fraction of sp³-hybridized carbons (Fsp3) is 0.278. The van der Waals surface area contributed by atoms with Gasteiger partial charge in [-0.2, -0.15) is 0 Å². The van der Waals surface area contributed by atoms with Gasteiger partial charge in [-0.15, -0.1) is 0 Å². The van der Waals surface area contributed by atoms with Crippen LogP contribution in [0, 0.1) is 0 Å². The summed E-state index contributed by atoms with van der Waals surface area (Å²) >= 11 is 12.8. The molecule has 1 unspecified atom stereocenters. The van der Waals surface area contributed by atoms with Gasteiger partial charge in [-0.1, -0.05) is 85.1 Å². The molecule has 1 atom stereocenters. The summed E-state index contributed by atoms with van der Waals surface area (Å²) in [6.07, 6.45) is 1.79. The van der Waals surface area contributed by atoms with Gasteiger partial charge in [0, 0.05) is 29.6 Å². The molecule has 12 heteroatoms. The zero-order valence-electron chi connectivity index (χ0n) is 27.1. The predicted molar refractivity (Wildman–Crippen MR) is 189 cm³/mol. The molecule has 0 bridgehead atoms. The monoisotopic (exact) mass is 711 g/mol. The van der Waals surface area contributed by atoms with Gasteiger partial charge in [0.15, 0.2) is 0 Å². The van der Waals surface area contributed by atoms with Crippen molar-refractivity contribution in [2.75, 3.05) is 31.6 Å². The Kier molecular flexibility index (Phi) is 13.1. The van der Waals surface area contributed by atoms with Crippen LogP contribution in [-0.2, 0) is 32.6 Å². The highest BCUT2D eigenvalue weighted by Gasteiger charge is 2.35. The van der Waals surface area contributed by atoms with Crippen molar-refractivity contribution in [2.24, 2.45) is 0 Å². The van der Waals surface area contributed by atoms with Crippen molar-refractivity contribution in [1.29, 1.82) is 0 Å². The molecule has 1 N–H and O–H groups in total. The lowest BCUT2D eigenvalue weighted by atomic mass is 10.0. The van der Waals surface area contributed by atoms with E-state index < -0.39 is 28.5 Å². The first-order valence-electron chi connectivity index (χ1n) is 15.4. The third-order valence-corrected chi connectivity index (χ3v) is 10.1. The molecule has 0 aromatic heterocycles. The first-order valence-corrected chi connectivity index (χ1v) is 17.6. The normalized spacial score (nSPS) is 11.8. The number of amides is 2.